The van der Waals surface area contributed by atoms with Crippen molar-refractivity contribution in [1.29, 1.82) is 0 Å². The largest absolute Gasteiger partial charge is 0.496 e. The average Bonchev–Trinajstić information content (AvgIpc) is 3.47. The van der Waals surface area contributed by atoms with E-state index in [9.17, 15) is 4.79 Å². The van der Waals surface area contributed by atoms with E-state index >= 15 is 0 Å². The minimum absolute atomic E-state index is 0.168. The van der Waals surface area contributed by atoms with Gasteiger partial charge < -0.3 is 14.0 Å². The molecule has 5 rings (SSSR count). The second-order valence-corrected chi connectivity index (χ2v) is 7.55. The molecule has 0 unspecified atom stereocenters. The maximum Gasteiger partial charge on any atom is 0.413 e. The SMILES string of the molecule is COc1ccccc1-c1cc(NC(=O)OCc2ccc3c(c2)nc2n3CCC2)n(C)n1. The molecule has 2 aromatic heterocycles. The Hall–Kier alpha value is -3.81. The third-order valence-electron chi connectivity index (χ3n) is 5.54. The number of amides is 1. The van der Waals surface area contributed by atoms with Crippen molar-refractivity contribution in [2.24, 2.45) is 7.05 Å². The highest BCUT2D eigenvalue weighted by Gasteiger charge is 2.17. The Bertz CT molecular complexity index is 1270. The molecule has 0 fully saturated rings. The Kier molecular flexibility index (Phi) is 4.82. The van der Waals surface area contributed by atoms with Gasteiger partial charge in [0.25, 0.3) is 0 Å². The number of benzene rings is 2. The van der Waals surface area contributed by atoms with Gasteiger partial charge in [-0.25, -0.2) is 9.78 Å². The van der Waals surface area contributed by atoms with Gasteiger partial charge in [0.1, 0.15) is 24.0 Å². The monoisotopic (exact) mass is 417 g/mol. The lowest BCUT2D eigenvalue weighted by atomic mass is 10.1. The number of aryl methyl sites for hydroxylation is 3. The number of carbonyl (C=O) groups is 1. The van der Waals surface area contributed by atoms with Gasteiger partial charge in [-0.15, -0.1) is 0 Å². The summed E-state index contributed by atoms with van der Waals surface area (Å²) in [6.45, 7) is 1.19. The Morgan fingerprint density at radius 3 is 2.94 bits per heavy atom. The van der Waals surface area contributed by atoms with E-state index in [0.29, 0.717) is 11.5 Å². The molecular formula is C23H23N5O3. The van der Waals surface area contributed by atoms with E-state index in [0.717, 1.165) is 53.1 Å². The first-order chi connectivity index (χ1) is 15.1. The summed E-state index contributed by atoms with van der Waals surface area (Å²) in [5.41, 5.74) is 4.54. The minimum Gasteiger partial charge on any atom is -0.496 e. The van der Waals surface area contributed by atoms with Gasteiger partial charge in [-0.3, -0.25) is 10.00 Å². The lowest BCUT2D eigenvalue weighted by molar-refractivity contribution is 0.155. The minimum atomic E-state index is -0.540. The van der Waals surface area contributed by atoms with E-state index in [2.05, 4.69) is 15.0 Å². The Morgan fingerprint density at radius 1 is 1.19 bits per heavy atom. The van der Waals surface area contributed by atoms with Crippen LogP contribution in [0.4, 0.5) is 10.6 Å². The second-order valence-electron chi connectivity index (χ2n) is 7.55. The molecule has 31 heavy (non-hydrogen) atoms. The van der Waals surface area contributed by atoms with Crippen molar-refractivity contribution in [3.8, 4) is 17.0 Å². The van der Waals surface area contributed by atoms with E-state index in [1.165, 1.54) is 0 Å². The lowest BCUT2D eigenvalue weighted by Crippen LogP contribution is -2.15. The number of rotatable bonds is 5. The summed E-state index contributed by atoms with van der Waals surface area (Å²) >= 11 is 0. The highest BCUT2D eigenvalue weighted by atomic mass is 16.5. The van der Waals surface area contributed by atoms with Crippen LogP contribution in [0.2, 0.25) is 0 Å². The van der Waals surface area contributed by atoms with Crippen molar-refractivity contribution in [2.75, 3.05) is 12.4 Å². The molecule has 0 aliphatic carbocycles. The first-order valence-corrected chi connectivity index (χ1v) is 10.2. The number of carbonyl (C=O) groups excluding carboxylic acids is 1. The van der Waals surface area contributed by atoms with Gasteiger partial charge in [0.05, 0.1) is 23.8 Å². The quantitative estimate of drug-likeness (QED) is 0.528. The van der Waals surface area contributed by atoms with Gasteiger partial charge in [-0.1, -0.05) is 18.2 Å². The lowest BCUT2D eigenvalue weighted by Gasteiger charge is -2.07. The van der Waals surface area contributed by atoms with Crippen LogP contribution >= 0.6 is 0 Å². The highest BCUT2D eigenvalue weighted by molar-refractivity contribution is 5.85. The smallest absolute Gasteiger partial charge is 0.413 e. The second kappa shape index (κ2) is 7.79. The third kappa shape index (κ3) is 3.61. The van der Waals surface area contributed by atoms with Crippen LogP contribution in [-0.4, -0.2) is 32.5 Å². The summed E-state index contributed by atoms with van der Waals surface area (Å²) < 4.78 is 14.7. The van der Waals surface area contributed by atoms with E-state index in [1.54, 1.807) is 24.9 Å². The van der Waals surface area contributed by atoms with Crippen molar-refractivity contribution in [2.45, 2.75) is 26.0 Å². The predicted molar refractivity (Wildman–Crippen MR) is 117 cm³/mol. The molecule has 1 N–H and O–H groups in total. The van der Waals surface area contributed by atoms with E-state index < -0.39 is 6.09 Å². The molecule has 1 aliphatic heterocycles. The van der Waals surface area contributed by atoms with Crippen molar-refractivity contribution < 1.29 is 14.3 Å². The molecule has 8 nitrogen and oxygen atoms in total. The van der Waals surface area contributed by atoms with Crippen LogP contribution in [0.5, 0.6) is 5.75 Å². The molecule has 0 atom stereocenters. The summed E-state index contributed by atoms with van der Waals surface area (Å²) in [5, 5.41) is 7.23. The normalized spacial score (nSPS) is 12.7. The fourth-order valence-corrected chi connectivity index (χ4v) is 4.01. The fraction of sp³-hybridized carbons (Fsp3) is 0.261. The van der Waals surface area contributed by atoms with Crippen molar-refractivity contribution in [3.63, 3.8) is 0 Å². The number of ether oxygens (including phenoxy) is 2. The third-order valence-corrected chi connectivity index (χ3v) is 5.54. The molecule has 0 bridgehead atoms. The van der Waals surface area contributed by atoms with Crippen LogP contribution in [0, 0.1) is 0 Å². The molecular weight excluding hydrogens is 394 g/mol. The number of para-hydroxylation sites is 1. The van der Waals surface area contributed by atoms with Crippen LogP contribution in [0.15, 0.2) is 48.5 Å². The van der Waals surface area contributed by atoms with Crippen molar-refractivity contribution >= 4 is 22.9 Å². The van der Waals surface area contributed by atoms with Gasteiger partial charge in [0, 0.05) is 31.6 Å². The number of hydrogen-bond donors (Lipinski definition) is 1. The molecule has 0 saturated carbocycles. The molecule has 0 spiro atoms. The zero-order valence-electron chi connectivity index (χ0n) is 17.5. The van der Waals surface area contributed by atoms with Crippen molar-refractivity contribution in [1.82, 2.24) is 19.3 Å². The Morgan fingerprint density at radius 2 is 2.06 bits per heavy atom. The van der Waals surface area contributed by atoms with Crippen LogP contribution < -0.4 is 10.1 Å². The van der Waals surface area contributed by atoms with Crippen LogP contribution in [0.3, 0.4) is 0 Å². The number of nitrogens with zero attached hydrogens (tertiary/aromatic N) is 4. The predicted octanol–water partition coefficient (Wildman–Crippen LogP) is 4.14. The molecule has 0 saturated heterocycles. The Labute approximate surface area is 179 Å². The molecule has 4 aromatic rings. The van der Waals surface area contributed by atoms with Crippen molar-refractivity contribution in [3.05, 3.63) is 59.9 Å². The standard InChI is InChI=1S/C23H23N5O3/c1-27-22(13-17(26-27)16-6-3-4-7-20(16)30-2)25-23(29)31-14-15-9-10-19-18(12-15)24-21-8-5-11-28(19)21/h3-4,6-7,9-10,12-13H,5,8,11,14H2,1-2H3,(H,25,29). The summed E-state index contributed by atoms with van der Waals surface area (Å²) in [4.78, 5) is 17.1. The van der Waals surface area contributed by atoms with E-state index in [-0.39, 0.29) is 6.61 Å². The maximum absolute atomic E-state index is 12.4. The average molecular weight is 417 g/mol. The molecule has 1 amide bonds. The summed E-state index contributed by atoms with van der Waals surface area (Å²) in [5.74, 6) is 2.38. The molecule has 158 valence electrons. The molecule has 1 aliphatic rings. The first kappa shape index (κ1) is 19.2. The summed E-state index contributed by atoms with van der Waals surface area (Å²) in [6.07, 6.45) is 1.63. The van der Waals surface area contributed by atoms with Crippen LogP contribution in [-0.2, 0) is 31.4 Å². The number of fused-ring (bicyclic) bond motifs is 3. The molecule has 8 heteroatoms. The number of aromatic nitrogens is 4. The van der Waals surface area contributed by atoms with Crippen LogP contribution in [0.25, 0.3) is 22.3 Å². The zero-order chi connectivity index (χ0) is 21.4. The molecule has 3 heterocycles. The number of nitrogens with one attached hydrogen (secondary N) is 1. The number of anilines is 1. The van der Waals surface area contributed by atoms with Gasteiger partial charge in [0.2, 0.25) is 0 Å². The number of imidazole rings is 1. The number of hydrogen-bond acceptors (Lipinski definition) is 5. The maximum atomic E-state index is 12.4. The van der Waals surface area contributed by atoms with Gasteiger partial charge in [-0.2, -0.15) is 5.10 Å². The van der Waals surface area contributed by atoms with E-state index in [4.69, 9.17) is 14.5 Å². The topological polar surface area (TPSA) is 83.2 Å². The highest BCUT2D eigenvalue weighted by Crippen LogP contribution is 2.30. The van der Waals surface area contributed by atoms with Gasteiger partial charge >= 0.3 is 6.09 Å². The molecule has 0 radical (unpaired) electrons. The molecule has 2 aromatic carbocycles. The number of methoxy groups -OCH3 is 1. The Balaban J connectivity index is 1.26. The summed E-state index contributed by atoms with van der Waals surface area (Å²) in [6, 6.07) is 15.4. The van der Waals surface area contributed by atoms with Gasteiger partial charge in [0.15, 0.2) is 0 Å². The summed E-state index contributed by atoms with van der Waals surface area (Å²) in [7, 11) is 3.38. The van der Waals surface area contributed by atoms with Gasteiger partial charge in [-0.05, 0) is 36.2 Å². The van der Waals surface area contributed by atoms with E-state index in [1.807, 2.05) is 42.5 Å². The zero-order valence-corrected chi connectivity index (χ0v) is 17.5. The fourth-order valence-electron chi connectivity index (χ4n) is 4.01. The van der Waals surface area contributed by atoms with Crippen LogP contribution in [0.1, 0.15) is 17.8 Å². The first-order valence-electron chi connectivity index (χ1n) is 10.2.